The first-order valence-corrected chi connectivity index (χ1v) is 11.4. The van der Waals surface area contributed by atoms with E-state index in [9.17, 15) is 18.0 Å². The molecule has 9 heteroatoms. The molecule has 0 atom stereocenters. The molecule has 3 rings (SSSR count). The third kappa shape index (κ3) is 5.64. The molecule has 1 amide bonds. The topological polar surface area (TPSA) is 102 Å². The van der Waals surface area contributed by atoms with Crippen LogP contribution in [0.1, 0.15) is 10.4 Å². The fraction of sp³-hybridized carbons (Fsp3) is 0.130. The summed E-state index contributed by atoms with van der Waals surface area (Å²) in [5.74, 6) is -0.472. The second kappa shape index (κ2) is 9.97. The average Bonchev–Trinajstić information content (AvgIpc) is 2.78. The summed E-state index contributed by atoms with van der Waals surface area (Å²) in [5, 5.41) is 2.58. The fourth-order valence-corrected chi connectivity index (χ4v) is 3.81. The molecule has 0 aliphatic rings. The second-order valence-corrected chi connectivity index (χ2v) is 8.64. The summed E-state index contributed by atoms with van der Waals surface area (Å²) in [4.78, 5) is 24.7. The summed E-state index contributed by atoms with van der Waals surface area (Å²) < 4.78 is 36.6. The predicted molar refractivity (Wildman–Crippen MR) is 122 cm³/mol. The molecule has 0 aliphatic carbocycles. The summed E-state index contributed by atoms with van der Waals surface area (Å²) in [5.41, 5.74) is 0.573. The number of nitrogens with one attached hydrogen (secondary N) is 1. The first kappa shape index (κ1) is 22.8. The van der Waals surface area contributed by atoms with Crippen molar-refractivity contribution in [2.45, 2.75) is 0 Å². The Kier molecular flexibility index (Phi) is 7.11. The molecule has 0 saturated carbocycles. The van der Waals surface area contributed by atoms with Crippen LogP contribution in [0.5, 0.6) is 11.5 Å². The molecule has 32 heavy (non-hydrogen) atoms. The van der Waals surface area contributed by atoms with Crippen LogP contribution in [0.15, 0.2) is 78.9 Å². The number of anilines is 2. The number of sulfonamides is 1. The van der Waals surface area contributed by atoms with Gasteiger partial charge in [-0.3, -0.25) is 9.10 Å². The lowest BCUT2D eigenvalue weighted by Crippen LogP contribution is -2.37. The smallest absolute Gasteiger partial charge is 0.339 e. The van der Waals surface area contributed by atoms with Gasteiger partial charge in [0.15, 0.2) is 5.75 Å². The highest BCUT2D eigenvalue weighted by molar-refractivity contribution is 7.92. The van der Waals surface area contributed by atoms with Crippen molar-refractivity contribution in [1.82, 2.24) is 0 Å². The van der Waals surface area contributed by atoms with Crippen LogP contribution in [-0.2, 0) is 19.6 Å². The Hall–Kier alpha value is -3.85. The van der Waals surface area contributed by atoms with Gasteiger partial charge < -0.3 is 14.8 Å². The number of nitrogens with zero attached hydrogens (tertiary/aromatic N) is 1. The minimum absolute atomic E-state index is 0.155. The van der Waals surface area contributed by atoms with E-state index in [4.69, 9.17) is 9.47 Å². The summed E-state index contributed by atoms with van der Waals surface area (Å²) in [7, 11) is -2.62. The third-order valence-electron chi connectivity index (χ3n) is 4.40. The number of amides is 1. The van der Waals surface area contributed by atoms with Crippen LogP contribution in [0.3, 0.4) is 0 Å². The van der Waals surface area contributed by atoms with Gasteiger partial charge in [-0.15, -0.1) is 0 Å². The molecule has 3 aromatic rings. The van der Waals surface area contributed by atoms with E-state index in [1.165, 1.54) is 19.2 Å². The molecule has 1 N–H and O–H groups in total. The highest BCUT2D eigenvalue weighted by Gasteiger charge is 2.25. The average molecular weight is 455 g/mol. The van der Waals surface area contributed by atoms with E-state index in [2.05, 4.69) is 5.32 Å². The van der Waals surface area contributed by atoms with E-state index in [0.29, 0.717) is 5.75 Å². The zero-order chi connectivity index (χ0) is 23.1. The fourth-order valence-electron chi connectivity index (χ4n) is 2.95. The molecular formula is C23H22N2O6S. The number of methoxy groups -OCH3 is 1. The zero-order valence-corrected chi connectivity index (χ0v) is 18.3. The number of hydrogen-bond acceptors (Lipinski definition) is 6. The van der Waals surface area contributed by atoms with E-state index >= 15 is 0 Å². The number of hydrogen-bond donors (Lipinski definition) is 1. The number of esters is 1. The molecule has 0 heterocycles. The van der Waals surface area contributed by atoms with Crippen LogP contribution in [0.2, 0.25) is 0 Å². The van der Waals surface area contributed by atoms with E-state index in [0.717, 1.165) is 10.6 Å². The molecule has 0 fully saturated rings. The maximum absolute atomic E-state index is 12.8. The second-order valence-electron chi connectivity index (χ2n) is 6.74. The monoisotopic (exact) mass is 454 g/mol. The van der Waals surface area contributed by atoms with Crippen molar-refractivity contribution in [3.8, 4) is 11.5 Å². The highest BCUT2D eigenvalue weighted by Crippen LogP contribution is 2.33. The van der Waals surface area contributed by atoms with Gasteiger partial charge >= 0.3 is 5.97 Å². The Labute approximate surface area is 186 Å². The summed E-state index contributed by atoms with van der Waals surface area (Å²) in [6.07, 6.45) is 1.00. The lowest BCUT2D eigenvalue weighted by Gasteiger charge is -2.24. The molecular weight excluding hydrogens is 432 g/mol. The molecule has 166 valence electrons. The van der Waals surface area contributed by atoms with Gasteiger partial charge in [-0.25, -0.2) is 13.2 Å². The molecule has 8 nitrogen and oxygen atoms in total. The lowest BCUT2D eigenvalue weighted by atomic mass is 10.2. The number of benzene rings is 3. The van der Waals surface area contributed by atoms with Gasteiger partial charge in [-0.1, -0.05) is 42.5 Å². The minimum Gasteiger partial charge on any atom is -0.465 e. The first-order chi connectivity index (χ1) is 15.3. The maximum atomic E-state index is 12.8. The van der Waals surface area contributed by atoms with E-state index < -0.39 is 28.4 Å². The van der Waals surface area contributed by atoms with Crippen LogP contribution in [0.25, 0.3) is 0 Å². The molecule has 0 bridgehead atoms. The van der Waals surface area contributed by atoms with E-state index in [-0.39, 0.29) is 22.7 Å². The van der Waals surface area contributed by atoms with Gasteiger partial charge in [0.05, 0.1) is 30.3 Å². The SMILES string of the molecule is COC(=O)c1ccccc1NC(=O)CN(c1ccccc1Oc1ccccc1)S(C)(=O)=O. The van der Waals surface area contributed by atoms with Crippen LogP contribution in [-0.4, -0.2) is 40.2 Å². The van der Waals surface area contributed by atoms with Crippen LogP contribution < -0.4 is 14.4 Å². The van der Waals surface area contributed by atoms with Gasteiger partial charge in [0.2, 0.25) is 15.9 Å². The van der Waals surface area contributed by atoms with Crippen molar-refractivity contribution in [3.63, 3.8) is 0 Å². The number of carbonyl (C=O) groups excluding carboxylic acids is 2. The Bertz CT molecular complexity index is 1210. The molecule has 0 saturated heterocycles. The number of carbonyl (C=O) groups is 2. The Morgan fingerprint density at radius 3 is 2.22 bits per heavy atom. The van der Waals surface area contributed by atoms with Crippen molar-refractivity contribution in [1.29, 1.82) is 0 Å². The molecule has 0 unspecified atom stereocenters. The number of ether oxygens (including phenoxy) is 2. The van der Waals surface area contributed by atoms with Crippen molar-refractivity contribution >= 4 is 33.3 Å². The van der Waals surface area contributed by atoms with Gasteiger partial charge in [0.1, 0.15) is 12.3 Å². The van der Waals surface area contributed by atoms with E-state index in [1.807, 2.05) is 6.07 Å². The maximum Gasteiger partial charge on any atom is 0.339 e. The molecule has 3 aromatic carbocycles. The lowest BCUT2D eigenvalue weighted by molar-refractivity contribution is -0.114. The number of para-hydroxylation sites is 4. The van der Waals surface area contributed by atoms with E-state index in [1.54, 1.807) is 60.7 Å². The summed E-state index contributed by atoms with van der Waals surface area (Å²) >= 11 is 0. The molecule has 0 aromatic heterocycles. The Morgan fingerprint density at radius 1 is 0.906 bits per heavy atom. The van der Waals surface area contributed by atoms with Gasteiger partial charge in [0.25, 0.3) is 0 Å². The van der Waals surface area contributed by atoms with Crippen LogP contribution in [0, 0.1) is 0 Å². The van der Waals surface area contributed by atoms with Crippen molar-refractivity contribution < 1.29 is 27.5 Å². The van der Waals surface area contributed by atoms with Crippen molar-refractivity contribution in [2.75, 3.05) is 29.5 Å². The minimum atomic E-state index is -3.85. The summed E-state index contributed by atoms with van der Waals surface area (Å²) in [6, 6.07) is 21.7. The zero-order valence-electron chi connectivity index (χ0n) is 17.5. The molecule has 0 radical (unpaired) electrons. The Balaban J connectivity index is 1.88. The number of rotatable bonds is 8. The van der Waals surface area contributed by atoms with Gasteiger partial charge in [-0.05, 0) is 36.4 Å². The van der Waals surface area contributed by atoms with Crippen LogP contribution in [0.4, 0.5) is 11.4 Å². The first-order valence-electron chi connectivity index (χ1n) is 9.56. The van der Waals surface area contributed by atoms with Crippen molar-refractivity contribution in [3.05, 3.63) is 84.4 Å². The van der Waals surface area contributed by atoms with Crippen molar-refractivity contribution in [2.24, 2.45) is 0 Å². The normalized spacial score (nSPS) is 10.8. The largest absolute Gasteiger partial charge is 0.465 e. The third-order valence-corrected chi connectivity index (χ3v) is 5.53. The Morgan fingerprint density at radius 2 is 1.53 bits per heavy atom. The van der Waals surface area contributed by atoms with Gasteiger partial charge in [0, 0.05) is 0 Å². The summed E-state index contributed by atoms with van der Waals surface area (Å²) in [6.45, 7) is -0.524. The molecule has 0 spiro atoms. The van der Waals surface area contributed by atoms with Gasteiger partial charge in [-0.2, -0.15) is 0 Å². The van der Waals surface area contributed by atoms with Crippen LogP contribution >= 0.6 is 0 Å². The highest BCUT2D eigenvalue weighted by atomic mass is 32.2. The predicted octanol–water partition coefficient (Wildman–Crippen LogP) is 3.67. The molecule has 0 aliphatic heterocycles. The standard InChI is InChI=1S/C23H22N2O6S/c1-30-23(27)18-12-6-7-13-19(18)24-22(26)16-25(32(2,28)29)20-14-8-9-15-21(20)31-17-10-4-3-5-11-17/h3-15H,16H2,1-2H3,(H,24,26). The quantitative estimate of drug-likeness (QED) is 0.521.